The molecule has 0 radical (unpaired) electrons. The zero-order valence-electron chi connectivity index (χ0n) is 20.6. The van der Waals surface area contributed by atoms with Gasteiger partial charge in [-0.05, 0) is 70.9 Å². The number of hydrogen-bond acceptors (Lipinski definition) is 6. The number of aryl methyl sites for hydroxylation is 1. The highest BCUT2D eigenvalue weighted by Gasteiger charge is 2.38. The predicted octanol–water partition coefficient (Wildman–Crippen LogP) is 4.43. The molecular formula is C24H38ClN5O3. The van der Waals surface area contributed by atoms with Gasteiger partial charge in [-0.25, -0.2) is 14.8 Å². The van der Waals surface area contributed by atoms with Crippen LogP contribution < -0.4 is 4.90 Å². The zero-order valence-corrected chi connectivity index (χ0v) is 21.3. The first-order valence-corrected chi connectivity index (χ1v) is 12.6. The van der Waals surface area contributed by atoms with E-state index in [4.69, 9.17) is 16.3 Å². The van der Waals surface area contributed by atoms with Crippen LogP contribution in [0.3, 0.4) is 0 Å². The van der Waals surface area contributed by atoms with Crippen LogP contribution in [-0.4, -0.2) is 75.6 Å². The van der Waals surface area contributed by atoms with Gasteiger partial charge in [0.05, 0.1) is 6.61 Å². The van der Waals surface area contributed by atoms with Crippen molar-refractivity contribution >= 4 is 29.4 Å². The Hall–Kier alpha value is -1.93. The summed E-state index contributed by atoms with van der Waals surface area (Å²) < 4.78 is 5.32. The second-order valence-electron chi connectivity index (χ2n) is 9.28. The van der Waals surface area contributed by atoms with Gasteiger partial charge in [0.25, 0.3) is 0 Å². The minimum Gasteiger partial charge on any atom is -0.450 e. The molecule has 3 rings (SSSR count). The minimum absolute atomic E-state index is 0.0281. The van der Waals surface area contributed by atoms with Crippen molar-refractivity contribution in [2.75, 3.05) is 24.6 Å². The van der Waals surface area contributed by atoms with E-state index < -0.39 is 0 Å². The van der Waals surface area contributed by atoms with Crippen molar-refractivity contribution in [2.45, 2.75) is 97.3 Å². The number of rotatable bonds is 7. The molecule has 2 saturated heterocycles. The highest BCUT2D eigenvalue weighted by molar-refractivity contribution is 6.28. The van der Waals surface area contributed by atoms with E-state index in [0.717, 1.165) is 57.3 Å². The molecule has 0 aromatic carbocycles. The third kappa shape index (κ3) is 6.15. The number of likely N-dealkylation sites (tertiary alicyclic amines) is 2. The van der Waals surface area contributed by atoms with Crippen molar-refractivity contribution in [3.8, 4) is 0 Å². The third-order valence-electron chi connectivity index (χ3n) is 7.06. The van der Waals surface area contributed by atoms with E-state index in [1.54, 1.807) is 11.8 Å². The van der Waals surface area contributed by atoms with Crippen LogP contribution in [0.4, 0.5) is 10.6 Å². The fraction of sp³-hybridized carbons (Fsp3) is 0.750. The molecule has 1 aromatic rings. The van der Waals surface area contributed by atoms with Gasteiger partial charge in [-0.15, -0.1) is 0 Å². The molecule has 184 valence electrons. The molecule has 33 heavy (non-hydrogen) atoms. The first-order chi connectivity index (χ1) is 15.7. The van der Waals surface area contributed by atoms with E-state index in [1.807, 2.05) is 24.8 Å². The van der Waals surface area contributed by atoms with Gasteiger partial charge in [-0.2, -0.15) is 0 Å². The fourth-order valence-electron chi connectivity index (χ4n) is 5.47. The molecule has 0 bridgehead atoms. The molecule has 3 unspecified atom stereocenters. The van der Waals surface area contributed by atoms with Crippen LogP contribution in [0.1, 0.15) is 71.9 Å². The number of aromatic nitrogens is 2. The van der Waals surface area contributed by atoms with Gasteiger partial charge in [0.15, 0.2) is 0 Å². The number of carbonyl (C=O) groups excluding carboxylic acids is 2. The molecule has 2 amide bonds. The lowest BCUT2D eigenvalue weighted by atomic mass is 9.96. The number of halogens is 1. The highest BCUT2D eigenvalue weighted by Crippen LogP contribution is 2.31. The zero-order chi connectivity index (χ0) is 24.1. The Kier molecular flexibility index (Phi) is 8.93. The molecule has 2 aliphatic heterocycles. The summed E-state index contributed by atoms with van der Waals surface area (Å²) in [7, 11) is 0. The molecular weight excluding hydrogens is 442 g/mol. The van der Waals surface area contributed by atoms with E-state index in [0.29, 0.717) is 18.5 Å². The van der Waals surface area contributed by atoms with Crippen LogP contribution in [0.15, 0.2) is 6.07 Å². The molecule has 0 N–H and O–H groups in total. The van der Waals surface area contributed by atoms with Crippen molar-refractivity contribution in [2.24, 2.45) is 0 Å². The van der Waals surface area contributed by atoms with Crippen molar-refractivity contribution in [1.29, 1.82) is 0 Å². The standard InChI is InChI=1S/C24H38ClN5O3/c1-6-19(15-21-9-8-17(4)29(21)24(32)33-7-2)28-12-10-20(11-13-28)30(18(5)31)22-14-16(3)26-23(25)27-22/h14,17,19-21H,6-13,15H2,1-5H3. The maximum absolute atomic E-state index is 12.5. The van der Waals surface area contributed by atoms with Crippen LogP contribution in [0.2, 0.25) is 5.28 Å². The largest absolute Gasteiger partial charge is 0.450 e. The second-order valence-corrected chi connectivity index (χ2v) is 9.61. The molecule has 2 fully saturated rings. The molecule has 1 aromatic heterocycles. The van der Waals surface area contributed by atoms with Gasteiger partial charge in [-0.3, -0.25) is 9.69 Å². The Bertz CT molecular complexity index is 810. The second kappa shape index (κ2) is 11.5. The lowest BCUT2D eigenvalue weighted by Gasteiger charge is -2.42. The molecule has 3 atom stereocenters. The van der Waals surface area contributed by atoms with Crippen molar-refractivity contribution in [3.05, 3.63) is 17.0 Å². The number of hydrogen-bond donors (Lipinski definition) is 0. The van der Waals surface area contributed by atoms with Crippen LogP contribution in [0.25, 0.3) is 0 Å². The fourth-order valence-corrected chi connectivity index (χ4v) is 5.69. The van der Waals surface area contributed by atoms with E-state index in [9.17, 15) is 9.59 Å². The molecule has 0 aliphatic carbocycles. The maximum atomic E-state index is 12.5. The molecule has 8 nitrogen and oxygen atoms in total. The van der Waals surface area contributed by atoms with Crippen LogP contribution in [-0.2, 0) is 9.53 Å². The number of carbonyl (C=O) groups is 2. The van der Waals surface area contributed by atoms with E-state index in [-0.39, 0.29) is 35.4 Å². The Morgan fingerprint density at radius 2 is 1.91 bits per heavy atom. The molecule has 0 spiro atoms. The number of anilines is 1. The predicted molar refractivity (Wildman–Crippen MR) is 130 cm³/mol. The summed E-state index contributed by atoms with van der Waals surface area (Å²) in [5.41, 5.74) is 0.747. The van der Waals surface area contributed by atoms with Crippen LogP contribution >= 0.6 is 11.6 Å². The Morgan fingerprint density at radius 1 is 1.21 bits per heavy atom. The quantitative estimate of drug-likeness (QED) is 0.538. The SMILES string of the molecule is CCOC(=O)N1C(C)CCC1CC(CC)N1CCC(N(C(C)=O)c2cc(C)nc(Cl)n2)CC1. The first kappa shape index (κ1) is 25.7. The number of piperidine rings is 1. The van der Waals surface area contributed by atoms with E-state index in [1.165, 1.54) is 0 Å². The van der Waals surface area contributed by atoms with Crippen molar-refractivity contribution in [1.82, 2.24) is 19.8 Å². The summed E-state index contributed by atoms with van der Waals surface area (Å²) in [6.07, 6.45) is 5.61. The van der Waals surface area contributed by atoms with Crippen molar-refractivity contribution < 1.29 is 14.3 Å². The summed E-state index contributed by atoms with van der Waals surface area (Å²) >= 11 is 6.06. The van der Waals surface area contributed by atoms with Gasteiger partial charge >= 0.3 is 6.09 Å². The average Bonchev–Trinajstić information content (AvgIpc) is 3.12. The summed E-state index contributed by atoms with van der Waals surface area (Å²) in [6, 6.07) is 2.76. The van der Waals surface area contributed by atoms with E-state index in [2.05, 4.69) is 28.7 Å². The summed E-state index contributed by atoms with van der Waals surface area (Å²) in [6.45, 7) is 11.8. The Labute approximate surface area is 202 Å². The number of ether oxygens (including phenoxy) is 1. The Morgan fingerprint density at radius 3 is 2.48 bits per heavy atom. The lowest BCUT2D eigenvalue weighted by molar-refractivity contribution is -0.117. The number of amides is 2. The van der Waals surface area contributed by atoms with Gasteiger partial charge in [0, 0.05) is 55.9 Å². The summed E-state index contributed by atoms with van der Waals surface area (Å²) in [5, 5.41) is 0.164. The third-order valence-corrected chi connectivity index (χ3v) is 7.23. The van der Waals surface area contributed by atoms with Crippen LogP contribution in [0, 0.1) is 6.92 Å². The van der Waals surface area contributed by atoms with Crippen LogP contribution in [0.5, 0.6) is 0 Å². The number of nitrogens with zero attached hydrogens (tertiary/aromatic N) is 5. The highest BCUT2D eigenvalue weighted by atomic mass is 35.5. The maximum Gasteiger partial charge on any atom is 0.410 e. The molecule has 9 heteroatoms. The van der Waals surface area contributed by atoms with Gasteiger partial charge < -0.3 is 14.5 Å². The smallest absolute Gasteiger partial charge is 0.410 e. The summed E-state index contributed by atoms with van der Waals surface area (Å²) in [5.74, 6) is 0.551. The molecule has 0 saturated carbocycles. The topological polar surface area (TPSA) is 78.9 Å². The lowest BCUT2D eigenvalue weighted by Crippen LogP contribution is -2.51. The molecule has 3 heterocycles. The van der Waals surface area contributed by atoms with Gasteiger partial charge in [0.1, 0.15) is 5.82 Å². The Balaban J connectivity index is 1.64. The van der Waals surface area contributed by atoms with E-state index >= 15 is 0 Å². The van der Waals surface area contributed by atoms with Gasteiger partial charge in [0.2, 0.25) is 11.2 Å². The minimum atomic E-state index is -0.183. The summed E-state index contributed by atoms with van der Waals surface area (Å²) in [4.78, 5) is 39.7. The normalized spacial score (nSPS) is 22.9. The monoisotopic (exact) mass is 479 g/mol. The molecule has 2 aliphatic rings. The average molecular weight is 480 g/mol. The first-order valence-electron chi connectivity index (χ1n) is 12.2. The van der Waals surface area contributed by atoms with Gasteiger partial charge in [-0.1, -0.05) is 6.92 Å². The van der Waals surface area contributed by atoms with Crippen molar-refractivity contribution in [3.63, 3.8) is 0 Å².